The van der Waals surface area contributed by atoms with Crippen molar-refractivity contribution in [3.05, 3.63) is 54.2 Å². The van der Waals surface area contributed by atoms with E-state index >= 15 is 0 Å². The van der Waals surface area contributed by atoms with E-state index in [1.165, 1.54) is 5.69 Å². The number of aliphatic hydroxyl groups excluding tert-OH is 1. The highest BCUT2D eigenvalue weighted by molar-refractivity contribution is 5.83. The van der Waals surface area contributed by atoms with E-state index in [0.29, 0.717) is 24.7 Å². The molecule has 0 saturated carbocycles. The second-order valence-corrected chi connectivity index (χ2v) is 10.0. The number of rotatable bonds is 12. The Labute approximate surface area is 212 Å². The van der Waals surface area contributed by atoms with Crippen LogP contribution in [0.3, 0.4) is 0 Å². The highest BCUT2D eigenvalue weighted by Gasteiger charge is 2.30. The van der Waals surface area contributed by atoms with Crippen LogP contribution in [-0.2, 0) is 18.3 Å². The fourth-order valence-electron chi connectivity index (χ4n) is 5.58. The second kappa shape index (κ2) is 12.3. The molecular formula is C28H38N4O4. The monoisotopic (exact) mass is 494 g/mol. The first-order valence-electron chi connectivity index (χ1n) is 12.9. The minimum Gasteiger partial charge on any atom is -0.497 e. The lowest BCUT2D eigenvalue weighted by atomic mass is 9.79. The number of pyridine rings is 1. The van der Waals surface area contributed by atoms with Gasteiger partial charge in [-0.05, 0) is 93.3 Å². The van der Waals surface area contributed by atoms with E-state index in [4.69, 9.17) is 4.74 Å². The maximum absolute atomic E-state index is 11.3. The fourth-order valence-corrected chi connectivity index (χ4v) is 5.58. The number of carboxylic acid groups (broad SMARTS) is 1. The summed E-state index contributed by atoms with van der Waals surface area (Å²) in [6.45, 7) is 2.95. The largest absolute Gasteiger partial charge is 0.497 e. The van der Waals surface area contributed by atoms with Crippen LogP contribution in [0.25, 0.3) is 10.9 Å². The molecule has 8 heteroatoms. The van der Waals surface area contributed by atoms with Gasteiger partial charge in [0, 0.05) is 43.5 Å². The number of fused-ring (bicyclic) bond motifs is 1. The van der Waals surface area contributed by atoms with Crippen LogP contribution >= 0.6 is 0 Å². The van der Waals surface area contributed by atoms with Crippen LogP contribution in [0.15, 0.2) is 43.0 Å². The van der Waals surface area contributed by atoms with E-state index in [9.17, 15) is 15.0 Å². The Morgan fingerprint density at radius 2 is 2.11 bits per heavy atom. The molecule has 1 aliphatic heterocycles. The topological polar surface area (TPSA) is 101 Å². The molecule has 36 heavy (non-hydrogen) atoms. The number of carboxylic acids is 1. The quantitative estimate of drug-likeness (QED) is 0.389. The summed E-state index contributed by atoms with van der Waals surface area (Å²) < 4.78 is 7.44. The zero-order valence-electron chi connectivity index (χ0n) is 21.3. The third-order valence-corrected chi connectivity index (χ3v) is 7.68. The maximum atomic E-state index is 11.3. The smallest absolute Gasteiger partial charge is 0.303 e. The Bertz CT molecular complexity index is 1150. The van der Waals surface area contributed by atoms with E-state index in [1.54, 1.807) is 13.3 Å². The van der Waals surface area contributed by atoms with Crippen LogP contribution in [0.5, 0.6) is 5.75 Å². The second-order valence-electron chi connectivity index (χ2n) is 10.0. The number of aliphatic hydroxyl groups is 1. The third-order valence-electron chi connectivity index (χ3n) is 7.68. The SMILES string of the molecule is COc1ccc2nccc(C(O)CC[C@@H]3CCN(CCCc4cncn4C)C[C@@H]3CCC(=O)O)c2c1. The van der Waals surface area contributed by atoms with Gasteiger partial charge in [0.15, 0.2) is 0 Å². The van der Waals surface area contributed by atoms with Crippen molar-refractivity contribution in [1.82, 2.24) is 19.4 Å². The summed E-state index contributed by atoms with van der Waals surface area (Å²) in [7, 11) is 3.66. The first-order chi connectivity index (χ1) is 17.4. The van der Waals surface area contributed by atoms with Crippen molar-refractivity contribution in [2.75, 3.05) is 26.7 Å². The lowest BCUT2D eigenvalue weighted by Crippen LogP contribution is -2.41. The number of hydrogen-bond donors (Lipinski definition) is 2. The van der Waals surface area contributed by atoms with Crippen LogP contribution in [-0.4, -0.2) is 62.4 Å². The van der Waals surface area contributed by atoms with Crippen LogP contribution in [0.1, 0.15) is 55.9 Å². The van der Waals surface area contributed by atoms with E-state index in [0.717, 1.165) is 67.5 Å². The number of aliphatic carboxylic acids is 1. The molecule has 194 valence electrons. The number of aromatic nitrogens is 3. The van der Waals surface area contributed by atoms with Crippen molar-refractivity contribution in [3.63, 3.8) is 0 Å². The highest BCUT2D eigenvalue weighted by atomic mass is 16.5. The van der Waals surface area contributed by atoms with Gasteiger partial charge >= 0.3 is 5.97 Å². The number of nitrogens with zero attached hydrogens (tertiary/aromatic N) is 4. The summed E-state index contributed by atoms with van der Waals surface area (Å²) in [4.78, 5) is 22.4. The molecule has 0 spiro atoms. The predicted molar refractivity (Wildman–Crippen MR) is 139 cm³/mol. The fraction of sp³-hybridized carbons (Fsp3) is 0.536. The molecule has 3 aromatic rings. The number of imidazole rings is 1. The molecule has 3 atom stereocenters. The highest BCUT2D eigenvalue weighted by Crippen LogP contribution is 2.35. The van der Waals surface area contributed by atoms with Crippen LogP contribution in [0.4, 0.5) is 0 Å². The lowest BCUT2D eigenvalue weighted by molar-refractivity contribution is -0.137. The standard InChI is InChI=1S/C28H38N4O4/c1-31-19-29-17-22(31)4-3-14-32-15-12-20(21(18-32)6-10-28(34)35)5-9-27(33)24-11-13-30-26-8-7-23(36-2)16-25(24)26/h7-8,11,13,16-17,19-21,27,33H,3-6,9-10,12,14-15,18H2,1-2H3,(H,34,35)/t20-,21+,27?/m1/s1. The summed E-state index contributed by atoms with van der Waals surface area (Å²) in [6, 6.07) is 7.61. The minimum atomic E-state index is -0.737. The number of likely N-dealkylation sites (tertiary alicyclic amines) is 1. The zero-order valence-corrected chi connectivity index (χ0v) is 21.3. The van der Waals surface area contributed by atoms with Crippen molar-refractivity contribution in [3.8, 4) is 5.75 Å². The normalized spacial score (nSPS) is 19.4. The number of piperidine rings is 1. The Morgan fingerprint density at radius 3 is 2.86 bits per heavy atom. The summed E-state index contributed by atoms with van der Waals surface area (Å²) in [5.74, 6) is 0.746. The molecule has 0 bridgehead atoms. The van der Waals surface area contributed by atoms with E-state index in [1.807, 2.05) is 43.8 Å². The summed E-state index contributed by atoms with van der Waals surface area (Å²) in [5, 5.41) is 21.3. The van der Waals surface area contributed by atoms with E-state index in [2.05, 4.69) is 19.4 Å². The first kappa shape index (κ1) is 26.1. The van der Waals surface area contributed by atoms with Gasteiger partial charge in [-0.3, -0.25) is 9.78 Å². The Balaban J connectivity index is 1.36. The number of ether oxygens (including phenoxy) is 1. The van der Waals surface area contributed by atoms with Crippen LogP contribution in [0, 0.1) is 11.8 Å². The number of aryl methyl sites for hydroxylation is 2. The van der Waals surface area contributed by atoms with Gasteiger partial charge in [0.2, 0.25) is 0 Å². The van der Waals surface area contributed by atoms with Gasteiger partial charge in [0.25, 0.3) is 0 Å². The van der Waals surface area contributed by atoms with Gasteiger partial charge in [-0.1, -0.05) is 0 Å². The molecule has 1 unspecified atom stereocenters. The summed E-state index contributed by atoms with van der Waals surface area (Å²) in [5.41, 5.74) is 2.95. The van der Waals surface area contributed by atoms with Gasteiger partial charge in [-0.15, -0.1) is 0 Å². The third kappa shape index (κ3) is 6.62. The van der Waals surface area contributed by atoms with Gasteiger partial charge in [0.05, 0.1) is 25.1 Å². The van der Waals surface area contributed by atoms with Crippen molar-refractivity contribution in [2.24, 2.45) is 18.9 Å². The number of hydrogen-bond acceptors (Lipinski definition) is 6. The molecule has 2 aromatic heterocycles. The summed E-state index contributed by atoms with van der Waals surface area (Å²) >= 11 is 0. The van der Waals surface area contributed by atoms with Crippen molar-refractivity contribution in [1.29, 1.82) is 0 Å². The molecule has 1 aromatic carbocycles. The minimum absolute atomic E-state index is 0.196. The number of benzene rings is 1. The molecule has 8 nitrogen and oxygen atoms in total. The van der Waals surface area contributed by atoms with E-state index in [-0.39, 0.29) is 6.42 Å². The zero-order chi connectivity index (χ0) is 25.5. The Morgan fingerprint density at radius 1 is 1.25 bits per heavy atom. The molecule has 3 heterocycles. The lowest BCUT2D eigenvalue weighted by Gasteiger charge is -2.39. The van der Waals surface area contributed by atoms with Crippen LogP contribution < -0.4 is 4.74 Å². The summed E-state index contributed by atoms with van der Waals surface area (Å²) in [6.07, 6.45) is 10.4. The van der Waals surface area contributed by atoms with Crippen molar-refractivity contribution < 1.29 is 19.7 Å². The number of carbonyl (C=O) groups is 1. The number of methoxy groups -OCH3 is 1. The molecule has 1 saturated heterocycles. The maximum Gasteiger partial charge on any atom is 0.303 e. The van der Waals surface area contributed by atoms with Crippen molar-refractivity contribution >= 4 is 16.9 Å². The van der Waals surface area contributed by atoms with Gasteiger partial charge in [-0.2, -0.15) is 0 Å². The average Bonchev–Trinajstić information content (AvgIpc) is 3.30. The van der Waals surface area contributed by atoms with Gasteiger partial charge in [-0.25, -0.2) is 4.98 Å². The molecular weight excluding hydrogens is 456 g/mol. The molecule has 2 N–H and O–H groups in total. The Kier molecular flexibility index (Phi) is 8.93. The molecule has 1 aliphatic rings. The van der Waals surface area contributed by atoms with Gasteiger partial charge < -0.3 is 24.4 Å². The predicted octanol–water partition coefficient (Wildman–Crippen LogP) is 4.23. The van der Waals surface area contributed by atoms with Gasteiger partial charge in [0.1, 0.15) is 5.75 Å². The molecule has 0 aliphatic carbocycles. The van der Waals surface area contributed by atoms with Crippen LogP contribution in [0.2, 0.25) is 0 Å². The van der Waals surface area contributed by atoms with Crippen molar-refractivity contribution in [2.45, 2.75) is 51.0 Å². The molecule has 0 amide bonds. The first-order valence-corrected chi connectivity index (χ1v) is 12.9. The average molecular weight is 495 g/mol. The van der Waals surface area contributed by atoms with E-state index < -0.39 is 12.1 Å². The molecule has 1 fully saturated rings. The molecule has 4 rings (SSSR count). The molecule has 0 radical (unpaired) electrons. The Hall–Kier alpha value is -2.97.